The molecule has 8 nitrogen and oxygen atoms in total. The molecule has 25 heavy (non-hydrogen) atoms. The minimum atomic E-state index is -0.168. The zero-order valence-electron chi connectivity index (χ0n) is 15.3. The fraction of sp³-hybridized carbons (Fsp3) is 0.529. The summed E-state index contributed by atoms with van der Waals surface area (Å²) in [5.41, 5.74) is 2.39. The molecule has 3 rings (SSSR count). The Morgan fingerprint density at radius 2 is 2.00 bits per heavy atom. The van der Waals surface area contributed by atoms with Gasteiger partial charge in [0.15, 0.2) is 11.5 Å². The largest absolute Gasteiger partial charge is 0.367 e. The Bertz CT molecular complexity index is 939. The van der Waals surface area contributed by atoms with Gasteiger partial charge in [-0.05, 0) is 20.0 Å². The average Bonchev–Trinajstić information content (AvgIpc) is 2.97. The molecule has 0 atom stereocenters. The summed E-state index contributed by atoms with van der Waals surface area (Å²) in [4.78, 5) is 31.0. The number of fused-ring (bicyclic) bond motifs is 3. The van der Waals surface area contributed by atoms with E-state index < -0.39 is 0 Å². The number of aromatic amines is 1. The van der Waals surface area contributed by atoms with Gasteiger partial charge in [0.2, 0.25) is 0 Å². The van der Waals surface area contributed by atoms with Crippen LogP contribution in [-0.2, 0) is 6.42 Å². The van der Waals surface area contributed by atoms with Gasteiger partial charge < -0.3 is 15.2 Å². The van der Waals surface area contributed by atoms with E-state index in [-0.39, 0.29) is 5.56 Å². The molecule has 3 aromatic rings. The van der Waals surface area contributed by atoms with Gasteiger partial charge in [-0.15, -0.1) is 0 Å². The zero-order valence-corrected chi connectivity index (χ0v) is 15.3. The lowest BCUT2D eigenvalue weighted by Gasteiger charge is -2.18. The van der Waals surface area contributed by atoms with Crippen molar-refractivity contribution in [3.8, 4) is 0 Å². The molecule has 0 radical (unpaired) electrons. The van der Waals surface area contributed by atoms with E-state index in [9.17, 15) is 4.79 Å². The lowest BCUT2D eigenvalue weighted by Crippen LogP contribution is -2.29. The van der Waals surface area contributed by atoms with Gasteiger partial charge in [0.1, 0.15) is 23.2 Å². The SMILES string of the molecule is CCc1nc(C)c2c(=O)[nH]c3c(NCCN(CC)CC)ncnc3n12. The van der Waals surface area contributed by atoms with Crippen LogP contribution >= 0.6 is 0 Å². The number of aromatic nitrogens is 5. The van der Waals surface area contributed by atoms with E-state index >= 15 is 0 Å². The van der Waals surface area contributed by atoms with Crippen LogP contribution in [0.3, 0.4) is 0 Å². The maximum Gasteiger partial charge on any atom is 0.274 e. The molecule has 0 spiro atoms. The quantitative estimate of drug-likeness (QED) is 0.677. The molecule has 0 aliphatic carbocycles. The Morgan fingerprint density at radius 3 is 2.68 bits per heavy atom. The molecular formula is C17H25N7O. The molecule has 0 bridgehead atoms. The van der Waals surface area contributed by atoms with Crippen molar-refractivity contribution in [2.75, 3.05) is 31.5 Å². The Kier molecular flexibility index (Phi) is 4.98. The van der Waals surface area contributed by atoms with Crippen molar-refractivity contribution >= 4 is 22.5 Å². The first-order valence-corrected chi connectivity index (χ1v) is 8.81. The number of hydrogen-bond donors (Lipinski definition) is 2. The number of likely N-dealkylation sites (N-methyl/N-ethyl adjacent to an activating group) is 1. The number of imidazole rings is 1. The van der Waals surface area contributed by atoms with Crippen molar-refractivity contribution in [1.82, 2.24) is 29.2 Å². The van der Waals surface area contributed by atoms with Gasteiger partial charge in [-0.1, -0.05) is 20.8 Å². The first-order valence-electron chi connectivity index (χ1n) is 8.81. The lowest BCUT2D eigenvalue weighted by molar-refractivity contribution is 0.316. The van der Waals surface area contributed by atoms with Crippen molar-refractivity contribution in [3.63, 3.8) is 0 Å². The van der Waals surface area contributed by atoms with E-state index in [1.807, 2.05) is 18.2 Å². The van der Waals surface area contributed by atoms with Crippen LogP contribution in [0, 0.1) is 6.92 Å². The van der Waals surface area contributed by atoms with Crippen molar-refractivity contribution in [2.24, 2.45) is 0 Å². The third kappa shape index (κ3) is 3.09. The maximum absolute atomic E-state index is 12.6. The van der Waals surface area contributed by atoms with Crippen LogP contribution in [-0.4, -0.2) is 55.4 Å². The van der Waals surface area contributed by atoms with Crippen LogP contribution in [0.25, 0.3) is 16.7 Å². The van der Waals surface area contributed by atoms with Crippen LogP contribution < -0.4 is 10.9 Å². The third-order valence-corrected chi connectivity index (χ3v) is 4.54. The standard InChI is InChI=1S/C17H25N7O/c1-5-12-21-11(4)14-17(25)22-13-15(18-8-9-23(6-2)7-3)19-10-20-16(13)24(12)14/h10H,5-9H2,1-4H3,(H,22,25)(H,18,19,20). The van der Waals surface area contributed by atoms with E-state index in [0.29, 0.717) is 22.5 Å². The minimum absolute atomic E-state index is 0.168. The molecule has 0 saturated carbocycles. The second-order valence-corrected chi connectivity index (χ2v) is 5.98. The van der Waals surface area contributed by atoms with E-state index in [1.165, 1.54) is 6.33 Å². The van der Waals surface area contributed by atoms with Gasteiger partial charge in [0.05, 0.1) is 5.69 Å². The highest BCUT2D eigenvalue weighted by molar-refractivity contribution is 5.84. The predicted molar refractivity (Wildman–Crippen MR) is 99.3 cm³/mol. The number of rotatable bonds is 7. The molecular weight excluding hydrogens is 318 g/mol. The van der Waals surface area contributed by atoms with Crippen LogP contribution in [0.2, 0.25) is 0 Å². The van der Waals surface area contributed by atoms with E-state index in [1.54, 1.807) is 0 Å². The van der Waals surface area contributed by atoms with Crippen LogP contribution in [0.4, 0.5) is 5.82 Å². The number of nitrogens with one attached hydrogen (secondary N) is 2. The van der Waals surface area contributed by atoms with Gasteiger partial charge in [-0.2, -0.15) is 0 Å². The van der Waals surface area contributed by atoms with Crippen molar-refractivity contribution in [2.45, 2.75) is 34.1 Å². The highest BCUT2D eigenvalue weighted by atomic mass is 16.1. The molecule has 8 heteroatoms. The highest BCUT2D eigenvalue weighted by Crippen LogP contribution is 2.19. The Labute approximate surface area is 146 Å². The monoisotopic (exact) mass is 343 g/mol. The summed E-state index contributed by atoms with van der Waals surface area (Å²) in [5.74, 6) is 1.47. The molecule has 0 aromatic carbocycles. The number of hydrogen-bond acceptors (Lipinski definition) is 6. The topological polar surface area (TPSA) is 91.2 Å². The molecule has 0 aliphatic heterocycles. The maximum atomic E-state index is 12.6. The van der Waals surface area contributed by atoms with E-state index in [4.69, 9.17) is 0 Å². The second kappa shape index (κ2) is 7.18. The number of H-pyrrole nitrogens is 1. The third-order valence-electron chi connectivity index (χ3n) is 4.54. The molecule has 134 valence electrons. The fourth-order valence-electron chi connectivity index (χ4n) is 3.16. The lowest BCUT2D eigenvalue weighted by atomic mass is 10.3. The molecule has 0 fully saturated rings. The average molecular weight is 343 g/mol. The summed E-state index contributed by atoms with van der Waals surface area (Å²) >= 11 is 0. The summed E-state index contributed by atoms with van der Waals surface area (Å²) in [5, 5.41) is 3.33. The Morgan fingerprint density at radius 1 is 1.24 bits per heavy atom. The smallest absolute Gasteiger partial charge is 0.274 e. The van der Waals surface area contributed by atoms with E-state index in [2.05, 4.69) is 44.0 Å². The number of anilines is 1. The Hall–Kier alpha value is -2.48. The molecule has 0 amide bonds. The molecule has 0 unspecified atom stereocenters. The van der Waals surface area contributed by atoms with Crippen LogP contribution in [0.15, 0.2) is 11.1 Å². The van der Waals surface area contributed by atoms with Crippen molar-refractivity contribution in [3.05, 3.63) is 28.2 Å². The minimum Gasteiger partial charge on any atom is -0.367 e. The van der Waals surface area contributed by atoms with Gasteiger partial charge in [0, 0.05) is 19.5 Å². The fourth-order valence-corrected chi connectivity index (χ4v) is 3.16. The Balaban J connectivity index is 2.06. The van der Waals surface area contributed by atoms with Crippen molar-refractivity contribution < 1.29 is 0 Å². The van der Waals surface area contributed by atoms with Gasteiger partial charge >= 0.3 is 0 Å². The predicted octanol–water partition coefficient (Wildman–Crippen LogP) is 1.59. The molecule has 3 aromatic heterocycles. The molecule has 3 heterocycles. The first kappa shape index (κ1) is 17.3. The summed E-state index contributed by atoms with van der Waals surface area (Å²) in [6, 6.07) is 0. The first-order chi connectivity index (χ1) is 12.1. The summed E-state index contributed by atoms with van der Waals surface area (Å²) in [7, 11) is 0. The van der Waals surface area contributed by atoms with Gasteiger partial charge in [-0.25, -0.2) is 15.0 Å². The molecule has 2 N–H and O–H groups in total. The summed E-state index contributed by atoms with van der Waals surface area (Å²) in [6.07, 6.45) is 2.25. The van der Waals surface area contributed by atoms with Gasteiger partial charge in [0.25, 0.3) is 5.56 Å². The summed E-state index contributed by atoms with van der Waals surface area (Å²) in [6.45, 7) is 11.8. The second-order valence-electron chi connectivity index (χ2n) is 5.98. The van der Waals surface area contributed by atoms with Crippen LogP contribution in [0.5, 0.6) is 0 Å². The van der Waals surface area contributed by atoms with E-state index in [0.717, 1.165) is 44.1 Å². The summed E-state index contributed by atoms with van der Waals surface area (Å²) < 4.78 is 1.85. The number of aryl methyl sites for hydroxylation is 2. The number of nitrogens with zero attached hydrogens (tertiary/aromatic N) is 5. The van der Waals surface area contributed by atoms with Crippen LogP contribution in [0.1, 0.15) is 32.3 Å². The zero-order chi connectivity index (χ0) is 18.0. The van der Waals surface area contributed by atoms with Crippen molar-refractivity contribution in [1.29, 1.82) is 0 Å². The molecule has 0 aliphatic rings. The van der Waals surface area contributed by atoms with Gasteiger partial charge in [-0.3, -0.25) is 9.20 Å². The normalized spacial score (nSPS) is 11.7. The highest BCUT2D eigenvalue weighted by Gasteiger charge is 2.16. The molecule has 0 saturated heterocycles.